The minimum atomic E-state index is -1.01. The summed E-state index contributed by atoms with van der Waals surface area (Å²) in [4.78, 5) is 35.1. The van der Waals surface area contributed by atoms with Gasteiger partial charge in [-0.1, -0.05) is 48.0 Å². The van der Waals surface area contributed by atoms with Gasteiger partial charge >= 0.3 is 0 Å². The Labute approximate surface area is 215 Å². The van der Waals surface area contributed by atoms with E-state index in [2.05, 4.69) is 0 Å². The highest BCUT2D eigenvalue weighted by Crippen LogP contribution is 2.63. The number of para-hydroxylation sites is 2. The first-order valence-corrected chi connectivity index (χ1v) is 12.3. The van der Waals surface area contributed by atoms with E-state index >= 15 is 0 Å². The predicted molar refractivity (Wildman–Crippen MR) is 141 cm³/mol. The third-order valence-corrected chi connectivity index (χ3v) is 7.99. The van der Waals surface area contributed by atoms with Crippen molar-refractivity contribution in [3.63, 3.8) is 0 Å². The molecule has 2 fully saturated rings. The Morgan fingerprint density at radius 2 is 1.44 bits per heavy atom. The summed E-state index contributed by atoms with van der Waals surface area (Å²) in [6, 6.07) is 24.5. The van der Waals surface area contributed by atoms with Crippen molar-refractivity contribution in [3.8, 4) is 0 Å². The number of halogens is 1. The summed E-state index contributed by atoms with van der Waals surface area (Å²) in [5, 5.41) is 0.554. The molecule has 182 valence electrons. The Kier molecular flexibility index (Phi) is 4.71. The summed E-state index contributed by atoms with van der Waals surface area (Å²) < 4.78 is 6.73. The van der Waals surface area contributed by atoms with E-state index in [4.69, 9.17) is 21.3 Å². The Morgan fingerprint density at radius 1 is 0.833 bits per heavy atom. The van der Waals surface area contributed by atoms with Crippen molar-refractivity contribution in [1.82, 2.24) is 0 Å². The van der Waals surface area contributed by atoms with Gasteiger partial charge in [-0.25, -0.2) is 4.99 Å². The molecule has 2 atom stereocenters. The van der Waals surface area contributed by atoms with Gasteiger partial charge in [0.2, 0.25) is 17.7 Å². The molecule has 0 aromatic heterocycles. The number of hydrogen-bond acceptors (Lipinski definition) is 4. The molecule has 6 nitrogen and oxygen atoms in total. The molecule has 0 aliphatic carbocycles. The molecule has 0 saturated carbocycles. The fraction of sp³-hybridized carbons (Fsp3) is 0.276. The lowest BCUT2D eigenvalue weighted by Crippen LogP contribution is -2.78. The number of carbonyl (C=O) groups excluding carboxylic acids is 2. The molecule has 3 aromatic carbocycles. The second-order valence-electron chi connectivity index (χ2n) is 10.6. The topological polar surface area (TPSA) is 62.2 Å². The van der Waals surface area contributed by atoms with Crippen LogP contribution in [0.1, 0.15) is 33.3 Å². The molecule has 0 unspecified atom stereocenters. The number of carbonyl (C=O) groups is 2. The number of amides is 2. The van der Waals surface area contributed by atoms with Crippen LogP contribution in [0.25, 0.3) is 0 Å². The quantitative estimate of drug-likeness (QED) is 0.411. The van der Waals surface area contributed by atoms with Crippen molar-refractivity contribution in [2.24, 2.45) is 15.8 Å². The van der Waals surface area contributed by atoms with Gasteiger partial charge in [-0.05, 0) is 70.2 Å². The smallest absolute Gasteiger partial charge is 0.241 e. The zero-order valence-corrected chi connectivity index (χ0v) is 21.3. The maximum atomic E-state index is 13.6. The monoisotopic (exact) mass is 499 g/mol. The van der Waals surface area contributed by atoms with Crippen molar-refractivity contribution in [1.29, 1.82) is 0 Å². The highest BCUT2D eigenvalue weighted by atomic mass is 35.5. The standard InChI is InChI=1S/C29H26ClN3O3/c1-27(2)24(34)32(19-11-7-5-8-12-19)26(27)36-23-29(21-17-18(30)15-16-22(21)31-23)28(3,4)25(35)33(29)20-13-9-6-10-14-20/h5-17,26H,1-4H3/t26-,29-/m1/s1. The summed E-state index contributed by atoms with van der Waals surface area (Å²) in [5.41, 5.74) is 0.356. The van der Waals surface area contributed by atoms with Crippen LogP contribution in [0.2, 0.25) is 5.02 Å². The average molecular weight is 500 g/mol. The molecule has 7 heteroatoms. The van der Waals surface area contributed by atoms with Gasteiger partial charge in [0.25, 0.3) is 0 Å². The van der Waals surface area contributed by atoms with E-state index in [1.807, 2.05) is 100 Å². The Bertz CT molecular complexity index is 1430. The van der Waals surface area contributed by atoms with Crippen LogP contribution in [-0.4, -0.2) is 23.9 Å². The molecular formula is C29H26ClN3O3. The summed E-state index contributed by atoms with van der Waals surface area (Å²) in [5.74, 6) is 0.317. The summed E-state index contributed by atoms with van der Waals surface area (Å²) in [7, 11) is 0. The first-order chi connectivity index (χ1) is 17.1. The summed E-state index contributed by atoms with van der Waals surface area (Å²) in [6.07, 6.45) is -0.600. The fourth-order valence-electron chi connectivity index (χ4n) is 5.76. The number of hydrogen-bond donors (Lipinski definition) is 0. The fourth-order valence-corrected chi connectivity index (χ4v) is 5.93. The van der Waals surface area contributed by atoms with Crippen molar-refractivity contribution < 1.29 is 14.3 Å². The first-order valence-electron chi connectivity index (χ1n) is 12.0. The molecule has 6 rings (SSSR count). The van der Waals surface area contributed by atoms with Crippen molar-refractivity contribution >= 4 is 46.4 Å². The molecule has 0 N–H and O–H groups in total. The van der Waals surface area contributed by atoms with Gasteiger partial charge in [0.1, 0.15) is 5.41 Å². The number of ether oxygens (including phenoxy) is 1. The van der Waals surface area contributed by atoms with Crippen molar-refractivity contribution in [2.45, 2.75) is 39.5 Å². The molecule has 3 aromatic rings. The second kappa shape index (κ2) is 7.43. The number of fused-ring (bicyclic) bond motifs is 2. The van der Waals surface area contributed by atoms with Crippen LogP contribution in [0.15, 0.2) is 83.9 Å². The van der Waals surface area contributed by atoms with Crippen LogP contribution in [0.3, 0.4) is 0 Å². The average Bonchev–Trinajstić information content (AvgIpc) is 3.20. The molecule has 2 amide bonds. The minimum absolute atomic E-state index is 0.0317. The van der Waals surface area contributed by atoms with Gasteiger partial charge in [-0.3, -0.25) is 19.4 Å². The highest BCUT2D eigenvalue weighted by Gasteiger charge is 2.74. The Balaban J connectivity index is 1.51. The zero-order valence-electron chi connectivity index (χ0n) is 20.5. The molecule has 36 heavy (non-hydrogen) atoms. The SMILES string of the molecule is CC1(C)C(=O)N(c2ccccc2)[C@@H]1OC1=Nc2ccc(Cl)cc2[C@@]12N(c1ccccc1)C(=O)C2(C)C. The van der Waals surface area contributed by atoms with Gasteiger partial charge < -0.3 is 4.74 Å². The van der Waals surface area contributed by atoms with E-state index in [1.165, 1.54) is 0 Å². The van der Waals surface area contributed by atoms with Crippen molar-refractivity contribution in [3.05, 3.63) is 89.4 Å². The number of anilines is 2. The van der Waals surface area contributed by atoms with Crippen LogP contribution in [-0.2, 0) is 19.9 Å². The lowest BCUT2D eigenvalue weighted by Gasteiger charge is -2.62. The molecule has 3 heterocycles. The summed E-state index contributed by atoms with van der Waals surface area (Å²) in [6.45, 7) is 7.57. The first kappa shape index (κ1) is 22.8. The van der Waals surface area contributed by atoms with E-state index in [0.29, 0.717) is 16.6 Å². The highest BCUT2D eigenvalue weighted by molar-refractivity contribution is 6.31. The van der Waals surface area contributed by atoms with Gasteiger partial charge in [0.05, 0.1) is 11.1 Å². The number of nitrogens with zero attached hydrogens (tertiary/aromatic N) is 3. The van der Waals surface area contributed by atoms with Crippen LogP contribution < -0.4 is 9.80 Å². The second-order valence-corrected chi connectivity index (χ2v) is 11.0. The molecule has 0 bridgehead atoms. The van der Waals surface area contributed by atoms with Crippen LogP contribution in [0.4, 0.5) is 17.1 Å². The van der Waals surface area contributed by atoms with Crippen LogP contribution >= 0.6 is 11.6 Å². The predicted octanol–water partition coefficient (Wildman–Crippen LogP) is 6.07. The third-order valence-electron chi connectivity index (χ3n) is 7.75. The van der Waals surface area contributed by atoms with E-state index in [1.54, 1.807) is 15.9 Å². The molecule has 0 radical (unpaired) electrons. The van der Waals surface area contributed by atoms with Crippen LogP contribution in [0, 0.1) is 10.8 Å². The summed E-state index contributed by atoms with van der Waals surface area (Å²) >= 11 is 6.47. The van der Waals surface area contributed by atoms with Gasteiger partial charge in [-0.2, -0.15) is 0 Å². The van der Waals surface area contributed by atoms with Gasteiger partial charge in [-0.15, -0.1) is 0 Å². The van der Waals surface area contributed by atoms with Crippen LogP contribution in [0.5, 0.6) is 0 Å². The number of rotatable bonds is 3. The number of β-lactam (4-membered cyclic amide) rings is 2. The largest absolute Gasteiger partial charge is 0.453 e. The van der Waals surface area contributed by atoms with E-state index in [-0.39, 0.29) is 11.8 Å². The van der Waals surface area contributed by atoms with Gasteiger partial charge in [0.15, 0.2) is 11.8 Å². The lowest BCUT2D eigenvalue weighted by atomic mass is 9.59. The minimum Gasteiger partial charge on any atom is -0.453 e. The molecule has 3 aliphatic rings. The maximum absolute atomic E-state index is 13.6. The zero-order chi connectivity index (χ0) is 25.5. The molecular weight excluding hydrogens is 474 g/mol. The Hall–Kier alpha value is -3.64. The maximum Gasteiger partial charge on any atom is 0.241 e. The van der Waals surface area contributed by atoms with Crippen molar-refractivity contribution in [2.75, 3.05) is 9.80 Å². The number of benzene rings is 3. The molecule has 1 spiro atoms. The third kappa shape index (κ3) is 2.71. The van der Waals surface area contributed by atoms with E-state index < -0.39 is 22.6 Å². The lowest BCUT2D eigenvalue weighted by molar-refractivity contribution is -0.151. The van der Waals surface area contributed by atoms with E-state index in [0.717, 1.165) is 16.9 Å². The van der Waals surface area contributed by atoms with Gasteiger partial charge in [0, 0.05) is 22.0 Å². The van der Waals surface area contributed by atoms with E-state index in [9.17, 15) is 9.59 Å². The molecule has 2 saturated heterocycles. The number of aliphatic imine (C=N–C) groups is 1. The molecule has 3 aliphatic heterocycles. The normalized spacial score (nSPS) is 25.2. The Morgan fingerprint density at radius 3 is 2.08 bits per heavy atom.